The summed E-state index contributed by atoms with van der Waals surface area (Å²) in [5.74, 6) is 0.879. The highest BCUT2D eigenvalue weighted by atomic mass is 79.9. The Morgan fingerprint density at radius 3 is 2.58 bits per heavy atom. The fourth-order valence-electron chi connectivity index (χ4n) is 2.91. The highest BCUT2D eigenvalue weighted by molar-refractivity contribution is 9.15. The van der Waals surface area contributed by atoms with Crippen molar-refractivity contribution in [2.24, 2.45) is 7.05 Å². The zero-order valence-corrected chi connectivity index (χ0v) is 19.6. The quantitative estimate of drug-likeness (QED) is 0.412. The third-order valence-electron chi connectivity index (χ3n) is 4.23. The van der Waals surface area contributed by atoms with Gasteiger partial charge in [0.05, 0.1) is 14.5 Å². The van der Waals surface area contributed by atoms with Crippen LogP contribution in [0.25, 0.3) is 11.0 Å². The number of halogens is 4. The van der Waals surface area contributed by atoms with E-state index in [2.05, 4.69) is 83.8 Å². The van der Waals surface area contributed by atoms with Gasteiger partial charge in [0.15, 0.2) is 0 Å². The molecular formula is C15H19Br4N5. The number of nitrogens with one attached hydrogen (secondary N) is 2. The molecular weight excluding hydrogens is 570 g/mol. The molecule has 2 heterocycles. The zero-order valence-electron chi connectivity index (χ0n) is 13.3. The normalized spacial score (nSPS) is 16.5. The van der Waals surface area contributed by atoms with Crippen molar-refractivity contribution in [3.8, 4) is 0 Å². The molecule has 2 aromatic rings. The number of fused-ring (bicyclic) bond motifs is 1. The van der Waals surface area contributed by atoms with Gasteiger partial charge in [-0.3, -0.25) is 0 Å². The van der Waals surface area contributed by atoms with E-state index in [0.29, 0.717) is 0 Å². The van der Waals surface area contributed by atoms with Crippen molar-refractivity contribution in [2.45, 2.75) is 6.42 Å². The summed E-state index contributed by atoms with van der Waals surface area (Å²) in [5.41, 5.74) is 1.99. The summed E-state index contributed by atoms with van der Waals surface area (Å²) in [6, 6.07) is 0. The van der Waals surface area contributed by atoms with Gasteiger partial charge in [-0.2, -0.15) is 0 Å². The van der Waals surface area contributed by atoms with Crippen molar-refractivity contribution in [1.82, 2.24) is 19.8 Å². The summed E-state index contributed by atoms with van der Waals surface area (Å²) in [7, 11) is 2.03. The van der Waals surface area contributed by atoms with Gasteiger partial charge < -0.3 is 20.1 Å². The van der Waals surface area contributed by atoms with E-state index in [1.807, 2.05) is 7.05 Å². The first-order valence-electron chi connectivity index (χ1n) is 7.86. The molecule has 0 aliphatic carbocycles. The molecule has 0 atom stereocenters. The minimum atomic E-state index is 0.879. The van der Waals surface area contributed by atoms with E-state index in [4.69, 9.17) is 4.98 Å². The lowest BCUT2D eigenvalue weighted by Gasteiger charge is -2.19. The Bertz CT molecular complexity index is 738. The number of rotatable bonds is 4. The van der Waals surface area contributed by atoms with Crippen LogP contribution in [0.5, 0.6) is 0 Å². The van der Waals surface area contributed by atoms with Gasteiger partial charge >= 0.3 is 0 Å². The van der Waals surface area contributed by atoms with Crippen LogP contribution in [0, 0.1) is 0 Å². The van der Waals surface area contributed by atoms with E-state index in [1.165, 1.54) is 6.42 Å². The lowest BCUT2D eigenvalue weighted by atomic mass is 10.3. The maximum absolute atomic E-state index is 4.77. The average Bonchev–Trinajstić information content (AvgIpc) is 2.76. The maximum Gasteiger partial charge on any atom is 0.203 e. The fourth-order valence-corrected chi connectivity index (χ4v) is 5.34. The van der Waals surface area contributed by atoms with Crippen molar-refractivity contribution in [1.29, 1.82) is 0 Å². The molecule has 0 saturated carbocycles. The first kappa shape index (κ1) is 19.1. The summed E-state index contributed by atoms with van der Waals surface area (Å²) < 4.78 is 5.98. The minimum Gasteiger partial charge on any atom is -0.354 e. The molecule has 0 radical (unpaired) electrons. The summed E-state index contributed by atoms with van der Waals surface area (Å²) >= 11 is 14.5. The lowest BCUT2D eigenvalue weighted by molar-refractivity contribution is 0.303. The van der Waals surface area contributed by atoms with E-state index in [1.54, 1.807) is 0 Å². The molecule has 1 aliphatic heterocycles. The van der Waals surface area contributed by atoms with Crippen molar-refractivity contribution >= 4 is 80.7 Å². The van der Waals surface area contributed by atoms with Crippen LogP contribution < -0.4 is 10.6 Å². The van der Waals surface area contributed by atoms with Gasteiger partial charge in [-0.1, -0.05) is 0 Å². The van der Waals surface area contributed by atoms with E-state index in [-0.39, 0.29) is 0 Å². The largest absolute Gasteiger partial charge is 0.354 e. The van der Waals surface area contributed by atoms with Gasteiger partial charge in [0.2, 0.25) is 5.95 Å². The van der Waals surface area contributed by atoms with Crippen LogP contribution in [0.1, 0.15) is 6.42 Å². The van der Waals surface area contributed by atoms with Crippen LogP contribution in [-0.2, 0) is 7.05 Å². The first-order valence-corrected chi connectivity index (χ1v) is 11.0. The molecule has 2 N–H and O–H groups in total. The summed E-state index contributed by atoms with van der Waals surface area (Å²) in [5, 5.41) is 6.92. The summed E-state index contributed by atoms with van der Waals surface area (Å²) in [6.45, 7) is 6.39. The third kappa shape index (κ3) is 3.86. The van der Waals surface area contributed by atoms with Gasteiger partial charge in [0.1, 0.15) is 5.52 Å². The molecule has 24 heavy (non-hydrogen) atoms. The van der Waals surface area contributed by atoms with Crippen LogP contribution >= 0.6 is 63.7 Å². The Labute approximate surface area is 175 Å². The maximum atomic E-state index is 4.77. The number of aromatic nitrogens is 2. The molecule has 0 amide bonds. The SMILES string of the molecule is Cn1c(NCCN2CCCNCC2)nc2c(Br)c(Br)c(Br)c(Br)c21. The Balaban J connectivity index is 1.77. The summed E-state index contributed by atoms with van der Waals surface area (Å²) in [4.78, 5) is 7.26. The van der Waals surface area contributed by atoms with Gasteiger partial charge in [-0.05, 0) is 83.2 Å². The molecule has 1 aliphatic rings. The standard InChI is InChI=1S/C15H19Br4N5/c1-23-14-12(19)10(17)9(16)11(18)13(14)22-15(23)21-5-8-24-6-2-3-20-4-7-24/h20H,2-8H2,1H3,(H,21,22). The van der Waals surface area contributed by atoms with Crippen LogP contribution in [-0.4, -0.2) is 53.7 Å². The molecule has 1 aromatic carbocycles. The summed E-state index contributed by atoms with van der Waals surface area (Å²) in [6.07, 6.45) is 1.22. The molecule has 1 aromatic heterocycles. The van der Waals surface area contributed by atoms with Gasteiger partial charge in [0, 0.05) is 42.2 Å². The highest BCUT2D eigenvalue weighted by Gasteiger charge is 2.19. The topological polar surface area (TPSA) is 45.1 Å². The zero-order chi connectivity index (χ0) is 17.3. The second-order valence-electron chi connectivity index (χ2n) is 5.82. The number of aryl methyl sites for hydroxylation is 1. The molecule has 0 unspecified atom stereocenters. The number of hydrogen-bond acceptors (Lipinski definition) is 4. The van der Waals surface area contributed by atoms with Crippen LogP contribution in [0.3, 0.4) is 0 Å². The molecule has 9 heteroatoms. The Morgan fingerprint density at radius 2 is 1.79 bits per heavy atom. The predicted octanol–water partition coefficient (Wildman–Crippen LogP) is 4.33. The van der Waals surface area contributed by atoms with Crippen LogP contribution in [0.15, 0.2) is 17.9 Å². The molecule has 1 saturated heterocycles. The third-order valence-corrected chi connectivity index (χ3v) is 8.96. The molecule has 5 nitrogen and oxygen atoms in total. The van der Waals surface area contributed by atoms with Gasteiger partial charge in [-0.15, -0.1) is 0 Å². The van der Waals surface area contributed by atoms with Crippen LogP contribution in [0.2, 0.25) is 0 Å². The van der Waals surface area contributed by atoms with Crippen molar-refractivity contribution < 1.29 is 0 Å². The minimum absolute atomic E-state index is 0.879. The highest BCUT2D eigenvalue weighted by Crippen LogP contribution is 2.43. The van der Waals surface area contributed by atoms with Crippen molar-refractivity contribution in [2.75, 3.05) is 44.6 Å². The molecule has 132 valence electrons. The monoisotopic (exact) mass is 585 g/mol. The Kier molecular flexibility index (Phi) is 6.64. The smallest absolute Gasteiger partial charge is 0.203 e. The average molecular weight is 589 g/mol. The Hall–Kier alpha value is 0.330. The molecule has 0 spiro atoms. The van der Waals surface area contributed by atoms with E-state index in [9.17, 15) is 0 Å². The van der Waals surface area contributed by atoms with Gasteiger partial charge in [0.25, 0.3) is 0 Å². The van der Waals surface area contributed by atoms with Crippen molar-refractivity contribution in [3.63, 3.8) is 0 Å². The number of hydrogen-bond donors (Lipinski definition) is 2. The predicted molar refractivity (Wildman–Crippen MR) is 114 cm³/mol. The second kappa shape index (κ2) is 8.35. The number of imidazole rings is 1. The Morgan fingerprint density at radius 1 is 1.04 bits per heavy atom. The van der Waals surface area contributed by atoms with Gasteiger partial charge in [-0.25, -0.2) is 4.98 Å². The van der Waals surface area contributed by atoms with E-state index < -0.39 is 0 Å². The van der Waals surface area contributed by atoms with E-state index >= 15 is 0 Å². The van der Waals surface area contributed by atoms with E-state index in [0.717, 1.165) is 74.1 Å². The number of anilines is 1. The number of benzene rings is 1. The number of nitrogens with zero attached hydrogens (tertiary/aromatic N) is 3. The van der Waals surface area contributed by atoms with Crippen molar-refractivity contribution in [3.05, 3.63) is 17.9 Å². The molecule has 3 rings (SSSR count). The first-order chi connectivity index (χ1) is 11.5. The molecule has 0 bridgehead atoms. The fraction of sp³-hybridized carbons (Fsp3) is 0.533. The van der Waals surface area contributed by atoms with Crippen LogP contribution in [0.4, 0.5) is 5.95 Å². The second-order valence-corrected chi connectivity index (χ2v) is 8.99. The lowest BCUT2D eigenvalue weighted by Crippen LogP contribution is -2.32. The molecule has 1 fully saturated rings.